The summed E-state index contributed by atoms with van der Waals surface area (Å²) in [6, 6.07) is 4.13. The first-order valence-corrected chi connectivity index (χ1v) is 7.54. The van der Waals surface area contributed by atoms with Gasteiger partial charge in [0.2, 0.25) is 0 Å². The van der Waals surface area contributed by atoms with E-state index in [0.717, 1.165) is 19.3 Å². The van der Waals surface area contributed by atoms with E-state index in [1.54, 1.807) is 0 Å². The van der Waals surface area contributed by atoms with Crippen LogP contribution in [0.5, 0.6) is 0 Å². The highest BCUT2D eigenvalue weighted by Gasteiger charge is 2.22. The average Bonchev–Trinajstić information content (AvgIpc) is 2.50. The van der Waals surface area contributed by atoms with Gasteiger partial charge in [0, 0.05) is 13.1 Å². The van der Waals surface area contributed by atoms with Crippen LogP contribution in [0.25, 0.3) is 0 Å². The Morgan fingerprint density at radius 3 is 2.68 bits per heavy atom. The van der Waals surface area contributed by atoms with Gasteiger partial charge in [-0.2, -0.15) is 0 Å². The number of nitrogens with one attached hydrogen (secondary N) is 1. The van der Waals surface area contributed by atoms with Gasteiger partial charge in [0.25, 0.3) is 0 Å². The summed E-state index contributed by atoms with van der Waals surface area (Å²) in [5.41, 5.74) is -0.150. The van der Waals surface area contributed by atoms with Crippen molar-refractivity contribution < 1.29 is 19.1 Å². The average molecular weight is 331 g/mol. The molecule has 1 aromatic rings. The van der Waals surface area contributed by atoms with Crippen LogP contribution in [0.15, 0.2) is 18.2 Å². The van der Waals surface area contributed by atoms with Crippen LogP contribution in [-0.2, 0) is 9.59 Å². The molecule has 0 aromatic heterocycles. The van der Waals surface area contributed by atoms with Crippen molar-refractivity contribution in [3.63, 3.8) is 0 Å². The molecule has 2 N–H and O–H groups in total. The number of nitrogens with zero attached hydrogens (tertiary/aromatic N) is 1. The number of carbonyl (C=O) groups is 2. The third kappa shape index (κ3) is 5.27. The highest BCUT2D eigenvalue weighted by Crippen LogP contribution is 2.21. The molecular weight excluding hydrogens is 311 g/mol. The summed E-state index contributed by atoms with van der Waals surface area (Å²) in [4.78, 5) is 25.3. The van der Waals surface area contributed by atoms with Crippen molar-refractivity contribution in [3.8, 4) is 0 Å². The molecule has 1 aromatic carbocycles. The van der Waals surface area contributed by atoms with Gasteiger partial charge in [-0.25, -0.2) is 4.39 Å². The number of unbranched alkanes of at least 4 members (excludes halogenated alkanes) is 2. The van der Waals surface area contributed by atoms with Gasteiger partial charge in [-0.3, -0.25) is 9.59 Å². The number of carbonyl (C=O) groups excluding carboxylic acids is 2. The predicted octanol–water partition coefficient (Wildman–Crippen LogP) is 2.43. The van der Waals surface area contributed by atoms with Crippen molar-refractivity contribution in [2.24, 2.45) is 0 Å². The fraction of sp³-hybridized carbons (Fsp3) is 0.467. The summed E-state index contributed by atoms with van der Waals surface area (Å²) < 4.78 is 13.7. The molecule has 0 atom stereocenters. The van der Waals surface area contributed by atoms with Crippen LogP contribution in [0.4, 0.5) is 10.1 Å². The number of anilines is 1. The van der Waals surface area contributed by atoms with E-state index in [1.807, 2.05) is 6.92 Å². The van der Waals surface area contributed by atoms with Crippen LogP contribution in [-0.4, -0.2) is 41.5 Å². The smallest absolute Gasteiger partial charge is 0.313 e. The molecule has 7 heteroatoms. The fourth-order valence-corrected chi connectivity index (χ4v) is 2.08. The molecule has 0 fully saturated rings. The molecule has 0 bridgehead atoms. The Morgan fingerprint density at radius 1 is 1.32 bits per heavy atom. The third-order valence-electron chi connectivity index (χ3n) is 3.08. The van der Waals surface area contributed by atoms with Gasteiger partial charge in [-0.05, 0) is 18.6 Å². The maximum Gasteiger partial charge on any atom is 0.313 e. The molecule has 0 saturated heterocycles. The van der Waals surface area contributed by atoms with Gasteiger partial charge in [0.05, 0.1) is 17.3 Å². The summed E-state index contributed by atoms with van der Waals surface area (Å²) in [5, 5.41) is 11.1. The van der Waals surface area contributed by atoms with Crippen LogP contribution in [0.3, 0.4) is 0 Å². The maximum atomic E-state index is 13.7. The van der Waals surface area contributed by atoms with Gasteiger partial charge in [0.15, 0.2) is 5.82 Å². The van der Waals surface area contributed by atoms with Crippen molar-refractivity contribution in [1.82, 2.24) is 4.90 Å². The Kier molecular flexibility index (Phi) is 7.84. The lowest BCUT2D eigenvalue weighted by Gasteiger charge is -2.21. The Balaban J connectivity index is 2.72. The minimum Gasteiger partial charge on any atom is -0.395 e. The Hall–Kier alpha value is -1.66. The lowest BCUT2D eigenvalue weighted by atomic mass is 10.2. The number of halogens is 2. The van der Waals surface area contributed by atoms with E-state index in [0.29, 0.717) is 6.54 Å². The van der Waals surface area contributed by atoms with Crippen molar-refractivity contribution >= 4 is 29.1 Å². The molecule has 122 valence electrons. The summed E-state index contributed by atoms with van der Waals surface area (Å²) in [5.74, 6) is -2.54. The normalized spacial score (nSPS) is 10.4. The monoisotopic (exact) mass is 330 g/mol. The predicted molar refractivity (Wildman–Crippen MR) is 83.2 cm³/mol. The standard InChI is InChI=1S/C15H20ClFN2O3/c1-2-3-4-8-19(9-10-20)15(22)14(21)18-12-7-5-6-11(16)13(12)17/h5-7,20H,2-4,8-10H2,1H3,(H,18,21). The highest BCUT2D eigenvalue weighted by molar-refractivity contribution is 6.39. The first-order valence-electron chi connectivity index (χ1n) is 7.16. The van der Waals surface area contributed by atoms with Crippen molar-refractivity contribution in [2.45, 2.75) is 26.2 Å². The zero-order chi connectivity index (χ0) is 16.5. The summed E-state index contributed by atoms with van der Waals surface area (Å²) >= 11 is 5.62. The molecule has 0 aliphatic heterocycles. The molecule has 0 aliphatic carbocycles. The molecule has 0 unspecified atom stereocenters. The van der Waals surface area contributed by atoms with Crippen molar-refractivity contribution in [3.05, 3.63) is 29.0 Å². The summed E-state index contributed by atoms with van der Waals surface area (Å²) in [7, 11) is 0. The number of rotatable bonds is 7. The molecule has 0 spiro atoms. The molecule has 0 heterocycles. The number of benzene rings is 1. The molecule has 0 radical (unpaired) electrons. The zero-order valence-electron chi connectivity index (χ0n) is 12.4. The lowest BCUT2D eigenvalue weighted by Crippen LogP contribution is -2.41. The van der Waals surface area contributed by atoms with E-state index in [1.165, 1.54) is 23.1 Å². The number of amides is 2. The van der Waals surface area contributed by atoms with E-state index in [2.05, 4.69) is 5.32 Å². The van der Waals surface area contributed by atoms with Crippen LogP contribution in [0.2, 0.25) is 5.02 Å². The lowest BCUT2D eigenvalue weighted by molar-refractivity contribution is -0.143. The molecule has 2 amide bonds. The van der Waals surface area contributed by atoms with Crippen LogP contribution < -0.4 is 5.32 Å². The first-order chi connectivity index (χ1) is 10.5. The van der Waals surface area contributed by atoms with E-state index in [-0.39, 0.29) is 23.9 Å². The van der Waals surface area contributed by atoms with Gasteiger partial charge in [0.1, 0.15) is 0 Å². The number of hydrogen-bond donors (Lipinski definition) is 2. The Labute approximate surface area is 134 Å². The summed E-state index contributed by atoms with van der Waals surface area (Å²) in [6.07, 6.45) is 2.63. The number of aliphatic hydroxyl groups is 1. The fourth-order valence-electron chi connectivity index (χ4n) is 1.91. The van der Waals surface area contributed by atoms with Crippen molar-refractivity contribution in [2.75, 3.05) is 25.0 Å². The zero-order valence-corrected chi connectivity index (χ0v) is 13.2. The second-order valence-corrected chi connectivity index (χ2v) is 5.19. The van der Waals surface area contributed by atoms with Gasteiger partial charge in [-0.1, -0.05) is 37.4 Å². The van der Waals surface area contributed by atoms with Crippen molar-refractivity contribution in [1.29, 1.82) is 0 Å². The minimum absolute atomic E-state index is 0.0635. The molecule has 5 nitrogen and oxygen atoms in total. The molecule has 0 saturated carbocycles. The first kappa shape index (κ1) is 18.4. The van der Waals surface area contributed by atoms with Gasteiger partial charge >= 0.3 is 11.8 Å². The number of hydrogen-bond acceptors (Lipinski definition) is 3. The van der Waals surface area contributed by atoms with E-state index < -0.39 is 17.6 Å². The quantitative estimate of drug-likeness (QED) is 0.596. The van der Waals surface area contributed by atoms with E-state index >= 15 is 0 Å². The van der Waals surface area contributed by atoms with Gasteiger partial charge in [-0.15, -0.1) is 0 Å². The SMILES string of the molecule is CCCCCN(CCO)C(=O)C(=O)Nc1cccc(Cl)c1F. The Morgan fingerprint density at radius 2 is 2.05 bits per heavy atom. The summed E-state index contributed by atoms with van der Waals surface area (Å²) in [6.45, 7) is 2.22. The largest absolute Gasteiger partial charge is 0.395 e. The van der Waals surface area contributed by atoms with E-state index in [9.17, 15) is 14.0 Å². The van der Waals surface area contributed by atoms with Crippen LogP contribution in [0.1, 0.15) is 26.2 Å². The Bertz CT molecular complexity index is 526. The topological polar surface area (TPSA) is 69.6 Å². The minimum atomic E-state index is -0.953. The molecule has 0 aliphatic rings. The van der Waals surface area contributed by atoms with Crippen LogP contribution in [0, 0.1) is 5.82 Å². The van der Waals surface area contributed by atoms with Gasteiger partial charge < -0.3 is 15.3 Å². The molecule has 22 heavy (non-hydrogen) atoms. The molecule has 1 rings (SSSR count). The second kappa shape index (κ2) is 9.38. The van der Waals surface area contributed by atoms with E-state index in [4.69, 9.17) is 16.7 Å². The number of aliphatic hydroxyl groups excluding tert-OH is 1. The second-order valence-electron chi connectivity index (χ2n) is 4.78. The molecular formula is C15H20ClFN2O3. The van der Waals surface area contributed by atoms with Crippen LogP contribution >= 0.6 is 11.6 Å². The third-order valence-corrected chi connectivity index (χ3v) is 3.37. The highest BCUT2D eigenvalue weighted by atomic mass is 35.5. The maximum absolute atomic E-state index is 13.7.